The van der Waals surface area contributed by atoms with Crippen LogP contribution in [0.25, 0.3) is 0 Å². The van der Waals surface area contributed by atoms with Crippen LogP contribution in [-0.4, -0.2) is 12.2 Å². The lowest BCUT2D eigenvalue weighted by Crippen LogP contribution is -1.98. The van der Waals surface area contributed by atoms with E-state index in [1.54, 1.807) is 18.2 Å². The van der Waals surface area contributed by atoms with Crippen molar-refractivity contribution in [3.63, 3.8) is 0 Å². The molecule has 0 bridgehead atoms. The first-order valence-electron chi connectivity index (χ1n) is 3.67. The molecule has 0 saturated carbocycles. The Morgan fingerprint density at radius 2 is 2.31 bits per heavy atom. The van der Waals surface area contributed by atoms with E-state index < -0.39 is 6.10 Å². The maximum atomic E-state index is 9.42. The van der Waals surface area contributed by atoms with Crippen LogP contribution < -0.4 is 4.74 Å². The first-order valence-corrected chi connectivity index (χ1v) is 4.05. The minimum atomic E-state index is -1.02. The smallest absolute Gasteiger partial charge is 0.144 e. The average molecular weight is 197 g/mol. The number of terminal acetylenes is 1. The molecule has 68 valence electrons. The topological polar surface area (TPSA) is 29.5 Å². The van der Waals surface area contributed by atoms with Gasteiger partial charge in [-0.25, -0.2) is 0 Å². The molecule has 0 aromatic heterocycles. The van der Waals surface area contributed by atoms with Crippen molar-refractivity contribution in [2.24, 2.45) is 0 Å². The Balaban J connectivity index is 3.24. The first kappa shape index (κ1) is 9.91. The summed E-state index contributed by atoms with van der Waals surface area (Å²) in [5.74, 6) is 2.69. The lowest BCUT2D eigenvalue weighted by Gasteiger charge is -2.11. The summed E-state index contributed by atoms with van der Waals surface area (Å²) in [5, 5.41) is 9.83. The van der Waals surface area contributed by atoms with Gasteiger partial charge < -0.3 is 9.84 Å². The summed E-state index contributed by atoms with van der Waals surface area (Å²) in [5.41, 5.74) is 0.439. The summed E-state index contributed by atoms with van der Waals surface area (Å²) in [6.07, 6.45) is 4.06. The van der Waals surface area contributed by atoms with E-state index in [0.717, 1.165) is 0 Å². The van der Waals surface area contributed by atoms with Gasteiger partial charge in [-0.2, -0.15) is 0 Å². The SMILES string of the molecule is C#CC(O)c1c(Cl)cccc1OC. The molecule has 2 nitrogen and oxygen atoms in total. The number of aliphatic hydroxyl groups excluding tert-OH is 1. The molecule has 1 N–H and O–H groups in total. The Bertz CT molecular complexity index is 341. The van der Waals surface area contributed by atoms with Crippen LogP contribution in [0, 0.1) is 12.3 Å². The molecule has 0 radical (unpaired) electrons. The Kier molecular flexibility index (Phi) is 3.18. The van der Waals surface area contributed by atoms with Crippen LogP contribution in [0.15, 0.2) is 18.2 Å². The molecular formula is C10H9ClO2. The highest BCUT2D eigenvalue weighted by atomic mass is 35.5. The van der Waals surface area contributed by atoms with Crippen molar-refractivity contribution in [3.8, 4) is 18.1 Å². The molecule has 1 atom stereocenters. The summed E-state index contributed by atoms with van der Waals surface area (Å²) >= 11 is 5.85. The summed E-state index contributed by atoms with van der Waals surface area (Å²) in [6, 6.07) is 5.08. The maximum absolute atomic E-state index is 9.42. The van der Waals surface area contributed by atoms with Crippen molar-refractivity contribution >= 4 is 11.6 Å². The van der Waals surface area contributed by atoms with Crippen molar-refractivity contribution in [3.05, 3.63) is 28.8 Å². The third kappa shape index (κ3) is 1.95. The number of aliphatic hydroxyl groups is 1. The van der Waals surface area contributed by atoms with Crippen LogP contribution in [0.2, 0.25) is 5.02 Å². The molecule has 1 aromatic rings. The second-order valence-corrected chi connectivity index (χ2v) is 2.83. The summed E-state index contributed by atoms with van der Waals surface area (Å²) in [6.45, 7) is 0. The largest absolute Gasteiger partial charge is 0.496 e. The molecule has 13 heavy (non-hydrogen) atoms. The summed E-state index contributed by atoms with van der Waals surface area (Å²) in [4.78, 5) is 0. The first-order chi connectivity index (χ1) is 6.20. The number of halogens is 1. The monoisotopic (exact) mass is 196 g/mol. The van der Waals surface area contributed by atoms with E-state index >= 15 is 0 Å². The fourth-order valence-electron chi connectivity index (χ4n) is 1.04. The standard InChI is InChI=1S/C10H9ClO2/c1-3-8(12)10-7(11)5-4-6-9(10)13-2/h1,4-6,8,12H,2H3. The lowest BCUT2D eigenvalue weighted by atomic mass is 10.1. The van der Waals surface area contributed by atoms with Crippen molar-refractivity contribution in [1.82, 2.24) is 0 Å². The Morgan fingerprint density at radius 1 is 1.62 bits per heavy atom. The molecule has 1 rings (SSSR count). The minimum Gasteiger partial charge on any atom is -0.496 e. The van der Waals surface area contributed by atoms with Gasteiger partial charge in [-0.05, 0) is 12.1 Å². The number of methoxy groups -OCH3 is 1. The van der Waals surface area contributed by atoms with Gasteiger partial charge in [0, 0.05) is 0 Å². The molecule has 0 saturated heterocycles. The van der Waals surface area contributed by atoms with Gasteiger partial charge in [0.05, 0.1) is 17.7 Å². The maximum Gasteiger partial charge on any atom is 0.144 e. The molecule has 0 heterocycles. The molecular weight excluding hydrogens is 188 g/mol. The highest BCUT2D eigenvalue weighted by Crippen LogP contribution is 2.31. The number of rotatable bonds is 2. The minimum absolute atomic E-state index is 0.407. The molecule has 0 aliphatic rings. The normalized spacial score (nSPS) is 11.8. The fraction of sp³-hybridized carbons (Fsp3) is 0.200. The van der Waals surface area contributed by atoms with E-state index in [1.807, 2.05) is 0 Å². The van der Waals surface area contributed by atoms with Crippen molar-refractivity contribution < 1.29 is 9.84 Å². The molecule has 0 amide bonds. The number of hydrogen-bond donors (Lipinski definition) is 1. The van der Waals surface area contributed by atoms with Crippen molar-refractivity contribution in [2.45, 2.75) is 6.10 Å². The van der Waals surface area contributed by atoms with Crippen molar-refractivity contribution in [2.75, 3.05) is 7.11 Å². The fourth-order valence-corrected chi connectivity index (χ4v) is 1.31. The van der Waals surface area contributed by atoms with Crippen LogP contribution in [0.5, 0.6) is 5.75 Å². The third-order valence-electron chi connectivity index (χ3n) is 1.66. The third-order valence-corrected chi connectivity index (χ3v) is 1.99. The Morgan fingerprint density at radius 3 is 2.85 bits per heavy atom. The lowest BCUT2D eigenvalue weighted by molar-refractivity contribution is 0.232. The molecule has 3 heteroatoms. The van der Waals surface area contributed by atoms with Gasteiger partial charge >= 0.3 is 0 Å². The van der Waals surface area contributed by atoms with Gasteiger partial charge in [-0.1, -0.05) is 23.6 Å². The molecule has 0 spiro atoms. The average Bonchev–Trinajstić information content (AvgIpc) is 2.16. The van der Waals surface area contributed by atoms with Crippen LogP contribution >= 0.6 is 11.6 Å². The molecule has 1 unspecified atom stereocenters. The zero-order chi connectivity index (χ0) is 9.84. The van der Waals surface area contributed by atoms with E-state index in [2.05, 4.69) is 5.92 Å². The van der Waals surface area contributed by atoms with Crippen molar-refractivity contribution in [1.29, 1.82) is 0 Å². The predicted molar refractivity (Wildman–Crippen MR) is 51.8 cm³/mol. The van der Waals surface area contributed by atoms with E-state index in [0.29, 0.717) is 16.3 Å². The van der Waals surface area contributed by atoms with E-state index in [9.17, 15) is 5.11 Å². The second-order valence-electron chi connectivity index (χ2n) is 2.42. The zero-order valence-corrected chi connectivity index (χ0v) is 7.88. The predicted octanol–water partition coefficient (Wildman–Crippen LogP) is 2.02. The second kappa shape index (κ2) is 4.18. The van der Waals surface area contributed by atoms with Gasteiger partial charge in [0.2, 0.25) is 0 Å². The molecule has 0 aliphatic carbocycles. The number of hydrogen-bond acceptors (Lipinski definition) is 2. The Labute approximate surface area is 82.1 Å². The summed E-state index contributed by atoms with van der Waals surface area (Å²) in [7, 11) is 1.50. The molecule has 1 aromatic carbocycles. The van der Waals surface area contributed by atoms with Gasteiger partial charge in [-0.15, -0.1) is 6.42 Å². The number of ether oxygens (including phenoxy) is 1. The number of benzene rings is 1. The van der Waals surface area contributed by atoms with Gasteiger partial charge in [0.25, 0.3) is 0 Å². The van der Waals surface area contributed by atoms with Gasteiger partial charge in [0.15, 0.2) is 0 Å². The van der Waals surface area contributed by atoms with Crippen LogP contribution in [-0.2, 0) is 0 Å². The van der Waals surface area contributed by atoms with E-state index in [1.165, 1.54) is 7.11 Å². The Hall–Kier alpha value is -1.17. The molecule has 0 fully saturated rings. The van der Waals surface area contributed by atoms with Crippen LogP contribution in [0.1, 0.15) is 11.7 Å². The zero-order valence-electron chi connectivity index (χ0n) is 7.12. The summed E-state index contributed by atoms with van der Waals surface area (Å²) < 4.78 is 5.01. The van der Waals surface area contributed by atoms with Crippen LogP contribution in [0.4, 0.5) is 0 Å². The van der Waals surface area contributed by atoms with Gasteiger partial charge in [-0.3, -0.25) is 0 Å². The highest BCUT2D eigenvalue weighted by Gasteiger charge is 2.13. The van der Waals surface area contributed by atoms with E-state index in [4.69, 9.17) is 22.8 Å². The quantitative estimate of drug-likeness (QED) is 0.734. The van der Waals surface area contributed by atoms with Crippen LogP contribution in [0.3, 0.4) is 0 Å². The highest BCUT2D eigenvalue weighted by molar-refractivity contribution is 6.31. The molecule has 0 aliphatic heterocycles. The van der Waals surface area contributed by atoms with Gasteiger partial charge in [0.1, 0.15) is 11.9 Å². The van der Waals surface area contributed by atoms with E-state index in [-0.39, 0.29) is 0 Å².